The number of nitrogens with one attached hydrogen (secondary N) is 2. The smallest absolute Gasteiger partial charge is 0.261 e. The van der Waals surface area contributed by atoms with Gasteiger partial charge in [-0.1, -0.05) is 30.2 Å². The number of rotatable bonds is 5. The van der Waals surface area contributed by atoms with Crippen molar-refractivity contribution in [1.82, 2.24) is 5.32 Å². The zero-order valence-electron chi connectivity index (χ0n) is 15.3. The zero-order valence-corrected chi connectivity index (χ0v) is 16.1. The molecule has 2 aromatic carbocycles. The first kappa shape index (κ1) is 18.0. The Balaban J connectivity index is 1.49. The van der Waals surface area contributed by atoms with E-state index in [1.165, 1.54) is 31.4 Å². The van der Waals surface area contributed by atoms with Gasteiger partial charge in [-0.05, 0) is 68.4 Å². The van der Waals surface area contributed by atoms with E-state index >= 15 is 0 Å². The minimum Gasteiger partial charge on any atom is -0.349 e. The molecule has 0 saturated heterocycles. The minimum absolute atomic E-state index is 0.0867. The number of carbonyl (C=O) groups excluding carboxylic acids is 1. The molecule has 4 rings (SSSR count). The van der Waals surface area contributed by atoms with E-state index in [2.05, 4.69) is 10.0 Å². The van der Waals surface area contributed by atoms with Gasteiger partial charge in [0, 0.05) is 17.3 Å². The van der Waals surface area contributed by atoms with Crippen molar-refractivity contribution in [2.75, 3.05) is 4.72 Å². The maximum absolute atomic E-state index is 12.7. The van der Waals surface area contributed by atoms with E-state index in [9.17, 15) is 13.2 Å². The van der Waals surface area contributed by atoms with Gasteiger partial charge in [0.15, 0.2) is 0 Å². The summed E-state index contributed by atoms with van der Waals surface area (Å²) in [7, 11) is -3.75. The highest BCUT2D eigenvalue weighted by atomic mass is 32.2. The van der Waals surface area contributed by atoms with Gasteiger partial charge >= 0.3 is 0 Å². The fourth-order valence-electron chi connectivity index (χ4n) is 4.31. The Morgan fingerprint density at radius 1 is 1.04 bits per heavy atom. The Bertz CT molecular complexity index is 954. The van der Waals surface area contributed by atoms with Gasteiger partial charge in [-0.3, -0.25) is 9.52 Å². The fraction of sp³-hybridized carbons (Fsp3) is 0.381. The summed E-state index contributed by atoms with van der Waals surface area (Å²) in [6, 6.07) is 13.6. The Hall–Kier alpha value is -2.34. The highest BCUT2D eigenvalue weighted by Crippen LogP contribution is 2.44. The first-order valence-corrected chi connectivity index (χ1v) is 10.9. The van der Waals surface area contributed by atoms with Gasteiger partial charge in [0.25, 0.3) is 15.9 Å². The molecule has 27 heavy (non-hydrogen) atoms. The maximum atomic E-state index is 12.7. The van der Waals surface area contributed by atoms with Crippen molar-refractivity contribution in [3.05, 3.63) is 59.7 Å². The van der Waals surface area contributed by atoms with Crippen LogP contribution in [0.4, 0.5) is 5.69 Å². The molecular weight excluding hydrogens is 360 g/mol. The van der Waals surface area contributed by atoms with Gasteiger partial charge in [0.2, 0.25) is 0 Å². The quantitative estimate of drug-likeness (QED) is 0.825. The molecule has 2 aliphatic carbocycles. The fourth-order valence-corrected chi connectivity index (χ4v) is 5.42. The monoisotopic (exact) mass is 384 g/mol. The van der Waals surface area contributed by atoms with Crippen LogP contribution in [0.15, 0.2) is 53.4 Å². The Labute approximate surface area is 160 Å². The van der Waals surface area contributed by atoms with E-state index in [4.69, 9.17) is 0 Å². The van der Waals surface area contributed by atoms with Crippen LogP contribution < -0.4 is 10.0 Å². The molecule has 0 spiro atoms. The van der Waals surface area contributed by atoms with Crippen LogP contribution in [0.25, 0.3) is 0 Å². The number of hydrogen-bond acceptors (Lipinski definition) is 3. The van der Waals surface area contributed by atoms with Crippen molar-refractivity contribution in [2.45, 2.75) is 43.5 Å². The number of fused-ring (bicyclic) bond motifs is 2. The molecule has 0 unspecified atom stereocenters. The third-order valence-electron chi connectivity index (χ3n) is 5.76. The highest BCUT2D eigenvalue weighted by molar-refractivity contribution is 7.92. The molecule has 142 valence electrons. The predicted molar refractivity (Wildman–Crippen MR) is 105 cm³/mol. The lowest BCUT2D eigenvalue weighted by Crippen LogP contribution is -2.38. The lowest BCUT2D eigenvalue weighted by molar-refractivity contribution is 0.0922. The minimum atomic E-state index is -3.75. The second-order valence-corrected chi connectivity index (χ2v) is 9.44. The summed E-state index contributed by atoms with van der Waals surface area (Å²) >= 11 is 0. The van der Waals surface area contributed by atoms with Gasteiger partial charge in [0.1, 0.15) is 0 Å². The number of benzene rings is 2. The van der Waals surface area contributed by atoms with Gasteiger partial charge < -0.3 is 5.32 Å². The summed E-state index contributed by atoms with van der Waals surface area (Å²) in [4.78, 5) is 12.7. The number of anilines is 1. The molecule has 0 heterocycles. The van der Waals surface area contributed by atoms with E-state index in [0.717, 1.165) is 17.9 Å². The van der Waals surface area contributed by atoms with Crippen molar-refractivity contribution >= 4 is 21.6 Å². The van der Waals surface area contributed by atoms with Crippen molar-refractivity contribution in [2.24, 2.45) is 11.8 Å². The van der Waals surface area contributed by atoms with Crippen LogP contribution in [0.2, 0.25) is 0 Å². The average Bonchev–Trinajstić information content (AvgIpc) is 3.27. The van der Waals surface area contributed by atoms with Gasteiger partial charge in [-0.2, -0.15) is 0 Å². The average molecular weight is 385 g/mol. The van der Waals surface area contributed by atoms with Crippen LogP contribution in [0.1, 0.15) is 41.6 Å². The molecule has 0 radical (unpaired) electrons. The molecule has 6 heteroatoms. The van der Waals surface area contributed by atoms with Gasteiger partial charge in [-0.25, -0.2) is 8.42 Å². The number of amides is 1. The third-order valence-corrected chi connectivity index (χ3v) is 7.14. The van der Waals surface area contributed by atoms with Crippen LogP contribution in [0, 0.1) is 18.8 Å². The molecule has 2 bridgehead atoms. The Morgan fingerprint density at radius 3 is 2.48 bits per heavy atom. The van der Waals surface area contributed by atoms with E-state index in [1.54, 1.807) is 24.3 Å². The zero-order chi connectivity index (χ0) is 19.0. The molecule has 5 nitrogen and oxygen atoms in total. The second-order valence-electron chi connectivity index (χ2n) is 7.75. The van der Waals surface area contributed by atoms with Crippen molar-refractivity contribution < 1.29 is 13.2 Å². The Kier molecular flexibility index (Phi) is 4.68. The van der Waals surface area contributed by atoms with Crippen molar-refractivity contribution in [1.29, 1.82) is 0 Å². The van der Waals surface area contributed by atoms with Gasteiger partial charge in [-0.15, -0.1) is 0 Å². The van der Waals surface area contributed by atoms with E-state index < -0.39 is 10.0 Å². The first-order valence-electron chi connectivity index (χ1n) is 9.41. The van der Waals surface area contributed by atoms with E-state index in [-0.39, 0.29) is 16.8 Å². The molecule has 2 saturated carbocycles. The molecule has 2 aromatic rings. The van der Waals surface area contributed by atoms with Crippen LogP contribution >= 0.6 is 0 Å². The number of aryl methyl sites for hydroxylation is 1. The summed E-state index contributed by atoms with van der Waals surface area (Å²) < 4.78 is 27.9. The van der Waals surface area contributed by atoms with Gasteiger partial charge in [0.05, 0.1) is 4.90 Å². The third kappa shape index (κ3) is 3.86. The molecule has 3 atom stereocenters. The molecule has 0 aromatic heterocycles. The first-order chi connectivity index (χ1) is 12.9. The predicted octanol–water partition coefficient (Wildman–Crippen LogP) is 3.71. The number of carbonyl (C=O) groups is 1. The molecule has 0 aliphatic heterocycles. The lowest BCUT2D eigenvalue weighted by atomic mass is 9.95. The summed E-state index contributed by atoms with van der Waals surface area (Å²) in [6.07, 6.45) is 4.71. The Morgan fingerprint density at radius 2 is 1.81 bits per heavy atom. The summed E-state index contributed by atoms with van der Waals surface area (Å²) in [5.74, 6) is 1.12. The van der Waals surface area contributed by atoms with E-state index in [1.807, 2.05) is 19.1 Å². The molecule has 2 fully saturated rings. The number of hydrogen-bond donors (Lipinski definition) is 2. The van der Waals surface area contributed by atoms with Crippen LogP contribution in [0.3, 0.4) is 0 Å². The lowest BCUT2D eigenvalue weighted by Gasteiger charge is -2.23. The van der Waals surface area contributed by atoms with E-state index in [0.29, 0.717) is 17.2 Å². The van der Waals surface area contributed by atoms with Crippen LogP contribution in [0.5, 0.6) is 0 Å². The number of sulfonamides is 1. The second kappa shape index (κ2) is 7.00. The van der Waals surface area contributed by atoms with Crippen LogP contribution in [-0.4, -0.2) is 20.4 Å². The normalized spacial score (nSPS) is 24.0. The summed E-state index contributed by atoms with van der Waals surface area (Å²) in [5.41, 5.74) is 1.93. The van der Waals surface area contributed by atoms with Crippen molar-refractivity contribution in [3.63, 3.8) is 0 Å². The van der Waals surface area contributed by atoms with Crippen molar-refractivity contribution in [3.8, 4) is 0 Å². The standard InChI is InChI=1S/C21H24N2O3S/c1-14-5-9-18(10-6-14)23-27(25,26)19-4-2-3-17(13-19)21(24)22-20-12-15-7-8-16(20)11-15/h2-6,9-10,13,15-16,20,23H,7-8,11-12H2,1H3,(H,22,24)/t15-,16-,20-/m0/s1. The highest BCUT2D eigenvalue weighted by Gasteiger charge is 2.40. The molecule has 1 amide bonds. The summed E-state index contributed by atoms with van der Waals surface area (Å²) in [6.45, 7) is 1.94. The largest absolute Gasteiger partial charge is 0.349 e. The maximum Gasteiger partial charge on any atom is 0.261 e. The van der Waals surface area contributed by atoms with Crippen LogP contribution in [-0.2, 0) is 10.0 Å². The topological polar surface area (TPSA) is 75.3 Å². The molecule has 2 N–H and O–H groups in total. The molecular formula is C21H24N2O3S. The SMILES string of the molecule is Cc1ccc(NS(=O)(=O)c2cccc(C(=O)N[C@H]3C[C@H]4CC[C@H]3C4)c2)cc1. The molecule has 2 aliphatic rings. The summed E-state index contributed by atoms with van der Waals surface area (Å²) in [5, 5.41) is 3.11.